The average molecular weight is 586 g/mol. The van der Waals surface area contributed by atoms with Gasteiger partial charge in [-0.1, -0.05) is 66.2 Å². The molecule has 41 heavy (non-hydrogen) atoms. The van der Waals surface area contributed by atoms with Gasteiger partial charge in [0.05, 0.1) is 22.1 Å². The van der Waals surface area contributed by atoms with Crippen LogP contribution in [0.3, 0.4) is 0 Å². The summed E-state index contributed by atoms with van der Waals surface area (Å²) in [7, 11) is 0. The van der Waals surface area contributed by atoms with E-state index in [2.05, 4.69) is 5.32 Å². The first-order valence-corrected chi connectivity index (χ1v) is 13.1. The first-order chi connectivity index (χ1) is 19.8. The highest BCUT2D eigenvalue weighted by atomic mass is 35.5. The number of nitrogens with zero attached hydrogens (tertiary/aromatic N) is 2. The van der Waals surface area contributed by atoms with E-state index in [0.29, 0.717) is 16.9 Å². The van der Waals surface area contributed by atoms with Gasteiger partial charge in [-0.25, -0.2) is 4.39 Å². The monoisotopic (exact) mass is 585 g/mol. The highest BCUT2D eigenvalue weighted by molar-refractivity contribution is 7.81. The number of nitrogens with one attached hydrogen (secondary N) is 1. The molecule has 1 aliphatic heterocycles. The molecule has 1 saturated heterocycles. The number of carbonyl (C=O) groups excluding carboxylic acids is 3. The van der Waals surface area contributed by atoms with Crippen LogP contribution in [0.4, 0.5) is 21.5 Å². The maximum absolute atomic E-state index is 13.8. The van der Waals surface area contributed by atoms with Gasteiger partial charge in [-0.05, 0) is 72.4 Å². The normalized spacial score (nSPS) is 13.3. The van der Waals surface area contributed by atoms with Crippen LogP contribution in [0.2, 0.25) is 5.02 Å². The summed E-state index contributed by atoms with van der Waals surface area (Å²) in [4.78, 5) is 42.1. The van der Waals surface area contributed by atoms with Crippen LogP contribution < -0.4 is 19.9 Å². The van der Waals surface area contributed by atoms with Crippen LogP contribution >= 0.6 is 23.8 Å². The number of amides is 3. The number of rotatable bonds is 7. The number of anilines is 3. The van der Waals surface area contributed by atoms with E-state index in [-0.39, 0.29) is 27.1 Å². The summed E-state index contributed by atoms with van der Waals surface area (Å²) in [6.45, 7) is -0.416. The largest absolute Gasteiger partial charge is 0.482 e. The Kier molecular flexibility index (Phi) is 8.19. The summed E-state index contributed by atoms with van der Waals surface area (Å²) >= 11 is 12.0. The number of para-hydroxylation sites is 3. The fraction of sp³-hybridized carbons (Fsp3) is 0.0323. The molecule has 1 N–H and O–H groups in total. The van der Waals surface area contributed by atoms with Crippen molar-refractivity contribution in [1.29, 1.82) is 0 Å². The summed E-state index contributed by atoms with van der Waals surface area (Å²) in [5.41, 5.74) is 1.38. The van der Waals surface area contributed by atoms with Crippen LogP contribution in [0.15, 0.2) is 109 Å². The van der Waals surface area contributed by atoms with E-state index < -0.39 is 30.1 Å². The number of carbonyl (C=O) groups is 3. The lowest BCUT2D eigenvalue weighted by molar-refractivity contribution is -0.121. The highest BCUT2D eigenvalue weighted by Gasteiger charge is 2.41. The molecular formula is C31H21ClFN3O4S. The molecule has 1 fully saturated rings. The SMILES string of the molecule is O=C(COc1ccc(C=C2C(=O)N(c3ccccc3)C(=S)N(c3ccccc3)C2=O)cc1Cl)Nc1ccccc1F. The van der Waals surface area contributed by atoms with Crippen molar-refractivity contribution in [2.75, 3.05) is 21.7 Å². The summed E-state index contributed by atoms with van der Waals surface area (Å²) in [5.74, 6) is -2.12. The van der Waals surface area contributed by atoms with Crippen LogP contribution in [0.25, 0.3) is 6.08 Å². The van der Waals surface area contributed by atoms with Gasteiger partial charge in [0.2, 0.25) is 0 Å². The van der Waals surface area contributed by atoms with E-state index in [1.165, 1.54) is 46.2 Å². The van der Waals surface area contributed by atoms with E-state index in [1.807, 2.05) is 12.1 Å². The van der Waals surface area contributed by atoms with Gasteiger partial charge in [-0.2, -0.15) is 0 Å². The molecule has 0 bridgehead atoms. The van der Waals surface area contributed by atoms with Crippen LogP contribution in [-0.2, 0) is 14.4 Å². The third-order valence-electron chi connectivity index (χ3n) is 6.05. The minimum absolute atomic E-state index is 0.0320. The molecule has 0 spiro atoms. The lowest BCUT2D eigenvalue weighted by Crippen LogP contribution is -2.56. The molecule has 0 atom stereocenters. The lowest BCUT2D eigenvalue weighted by atomic mass is 10.0. The van der Waals surface area contributed by atoms with Gasteiger partial charge in [0.1, 0.15) is 17.1 Å². The molecule has 0 aliphatic carbocycles. The van der Waals surface area contributed by atoms with Gasteiger partial charge in [0.15, 0.2) is 11.7 Å². The number of hydrogen-bond acceptors (Lipinski definition) is 5. The van der Waals surface area contributed by atoms with Crippen LogP contribution in [0.1, 0.15) is 5.56 Å². The molecule has 1 heterocycles. The van der Waals surface area contributed by atoms with Gasteiger partial charge in [-0.15, -0.1) is 0 Å². The van der Waals surface area contributed by atoms with Crippen LogP contribution in [0.5, 0.6) is 5.75 Å². The molecule has 204 valence electrons. The second kappa shape index (κ2) is 12.1. The summed E-state index contributed by atoms with van der Waals surface area (Å²) in [5, 5.41) is 2.60. The van der Waals surface area contributed by atoms with E-state index in [4.69, 9.17) is 28.6 Å². The summed E-state index contributed by atoms with van der Waals surface area (Å²) < 4.78 is 19.3. The quantitative estimate of drug-likeness (QED) is 0.158. The van der Waals surface area contributed by atoms with Crippen molar-refractivity contribution in [3.8, 4) is 5.75 Å². The zero-order valence-corrected chi connectivity index (χ0v) is 22.9. The Morgan fingerprint density at radius 3 is 1.98 bits per heavy atom. The smallest absolute Gasteiger partial charge is 0.270 e. The zero-order valence-electron chi connectivity index (χ0n) is 21.3. The third-order valence-corrected chi connectivity index (χ3v) is 6.71. The molecule has 5 rings (SSSR count). The number of ether oxygens (including phenoxy) is 1. The summed E-state index contributed by atoms with van der Waals surface area (Å²) in [6, 6.07) is 28.0. The average Bonchev–Trinajstić information content (AvgIpc) is 2.97. The molecule has 3 amide bonds. The highest BCUT2D eigenvalue weighted by Crippen LogP contribution is 2.31. The number of thiocarbonyl (C=S) groups is 1. The molecular weight excluding hydrogens is 565 g/mol. The molecule has 10 heteroatoms. The molecule has 0 radical (unpaired) electrons. The van der Waals surface area contributed by atoms with E-state index in [0.717, 1.165) is 0 Å². The number of benzene rings is 4. The maximum atomic E-state index is 13.8. The van der Waals surface area contributed by atoms with Gasteiger partial charge in [0.25, 0.3) is 17.7 Å². The van der Waals surface area contributed by atoms with Crippen molar-refractivity contribution in [2.45, 2.75) is 0 Å². The number of halogens is 2. The van der Waals surface area contributed by atoms with Gasteiger partial charge < -0.3 is 10.1 Å². The van der Waals surface area contributed by atoms with Gasteiger partial charge >= 0.3 is 0 Å². The Hall–Kier alpha value is -4.86. The number of hydrogen-bond donors (Lipinski definition) is 1. The third kappa shape index (κ3) is 6.01. The maximum Gasteiger partial charge on any atom is 0.270 e. The Morgan fingerprint density at radius 1 is 0.854 bits per heavy atom. The minimum atomic E-state index is -0.584. The zero-order chi connectivity index (χ0) is 28.9. The second-order valence-electron chi connectivity index (χ2n) is 8.80. The minimum Gasteiger partial charge on any atom is -0.482 e. The van der Waals surface area contributed by atoms with Crippen LogP contribution in [0, 0.1) is 5.82 Å². The molecule has 0 aromatic heterocycles. The Bertz CT molecular complexity index is 1620. The van der Waals surface area contributed by atoms with Crippen molar-refractivity contribution >= 4 is 69.8 Å². The van der Waals surface area contributed by atoms with Crippen LogP contribution in [-0.4, -0.2) is 29.4 Å². The summed E-state index contributed by atoms with van der Waals surface area (Å²) in [6.07, 6.45) is 1.43. The van der Waals surface area contributed by atoms with E-state index in [1.54, 1.807) is 60.7 Å². The van der Waals surface area contributed by atoms with Crippen molar-refractivity contribution in [3.63, 3.8) is 0 Å². The predicted octanol–water partition coefficient (Wildman–Crippen LogP) is 6.24. The molecule has 0 unspecified atom stereocenters. The molecule has 4 aromatic carbocycles. The molecule has 7 nitrogen and oxygen atoms in total. The Morgan fingerprint density at radius 2 is 1.41 bits per heavy atom. The van der Waals surface area contributed by atoms with Crippen molar-refractivity contribution in [2.24, 2.45) is 0 Å². The molecule has 1 aliphatic rings. The Labute approximate surface area is 245 Å². The second-order valence-corrected chi connectivity index (χ2v) is 9.57. The predicted molar refractivity (Wildman–Crippen MR) is 160 cm³/mol. The fourth-order valence-electron chi connectivity index (χ4n) is 4.12. The van der Waals surface area contributed by atoms with Gasteiger partial charge in [0, 0.05) is 0 Å². The van der Waals surface area contributed by atoms with Crippen molar-refractivity contribution in [3.05, 3.63) is 125 Å². The molecule has 4 aromatic rings. The standard InChI is InChI=1S/C31H21ClFN3O4S/c32-24-18-20(15-16-27(24)40-19-28(37)34-26-14-8-7-13-25(26)33)17-23-29(38)35(21-9-3-1-4-10-21)31(41)36(30(23)39)22-11-5-2-6-12-22/h1-18H,19H2,(H,34,37). The van der Waals surface area contributed by atoms with E-state index in [9.17, 15) is 18.8 Å². The first kappa shape index (κ1) is 27.7. The van der Waals surface area contributed by atoms with Crippen molar-refractivity contribution < 1.29 is 23.5 Å². The lowest BCUT2D eigenvalue weighted by Gasteiger charge is -2.36. The van der Waals surface area contributed by atoms with Crippen molar-refractivity contribution in [1.82, 2.24) is 0 Å². The first-order valence-electron chi connectivity index (χ1n) is 12.3. The van der Waals surface area contributed by atoms with Gasteiger partial charge in [-0.3, -0.25) is 24.2 Å². The molecule has 0 saturated carbocycles. The fourth-order valence-corrected chi connectivity index (χ4v) is 4.74. The van der Waals surface area contributed by atoms with E-state index >= 15 is 0 Å². The Balaban J connectivity index is 1.40. The topological polar surface area (TPSA) is 79.0 Å².